The maximum absolute atomic E-state index is 13.2. The zero-order valence-corrected chi connectivity index (χ0v) is 19.5. The SMILES string of the molecule is COc1cc(C2C(=C(O)c3ccc(OC)c(OC)c3)C(=O)C(=O)N2c2nnc(C)s2)ccc1O. The van der Waals surface area contributed by atoms with E-state index in [9.17, 15) is 19.8 Å². The molecule has 2 aromatic carbocycles. The molecule has 1 aromatic heterocycles. The fraction of sp³-hybridized carbons (Fsp3) is 0.217. The predicted octanol–water partition coefficient (Wildman–Crippen LogP) is 3.20. The lowest BCUT2D eigenvalue weighted by atomic mass is 9.95. The highest BCUT2D eigenvalue weighted by molar-refractivity contribution is 7.15. The maximum atomic E-state index is 13.2. The monoisotopic (exact) mass is 483 g/mol. The molecule has 0 aliphatic carbocycles. The van der Waals surface area contributed by atoms with Gasteiger partial charge >= 0.3 is 5.91 Å². The number of aromatic nitrogens is 2. The number of aryl methyl sites for hydroxylation is 1. The second-order valence-corrected chi connectivity index (χ2v) is 8.43. The van der Waals surface area contributed by atoms with Crippen LogP contribution >= 0.6 is 11.3 Å². The van der Waals surface area contributed by atoms with Crippen LogP contribution in [0, 0.1) is 6.92 Å². The first kappa shape index (κ1) is 23.1. The molecule has 4 rings (SSSR count). The third-order valence-corrected chi connectivity index (χ3v) is 6.18. The fourth-order valence-electron chi connectivity index (χ4n) is 3.73. The molecule has 0 saturated carbocycles. The number of hydrogen-bond donors (Lipinski definition) is 2. The minimum Gasteiger partial charge on any atom is -0.507 e. The van der Waals surface area contributed by atoms with Crippen molar-refractivity contribution in [3.63, 3.8) is 0 Å². The molecule has 1 saturated heterocycles. The lowest BCUT2D eigenvalue weighted by molar-refractivity contribution is -0.132. The zero-order chi connectivity index (χ0) is 24.6. The molecule has 0 radical (unpaired) electrons. The molecule has 11 heteroatoms. The van der Waals surface area contributed by atoms with Gasteiger partial charge in [-0.2, -0.15) is 0 Å². The number of methoxy groups -OCH3 is 3. The van der Waals surface area contributed by atoms with Crippen LogP contribution in [0.1, 0.15) is 22.2 Å². The number of anilines is 1. The van der Waals surface area contributed by atoms with Gasteiger partial charge in [0.15, 0.2) is 23.0 Å². The average Bonchev–Trinajstić information content (AvgIpc) is 3.38. The van der Waals surface area contributed by atoms with Crippen molar-refractivity contribution in [2.75, 3.05) is 26.2 Å². The Morgan fingerprint density at radius 2 is 1.68 bits per heavy atom. The summed E-state index contributed by atoms with van der Waals surface area (Å²) in [6.07, 6.45) is 0. The highest BCUT2D eigenvalue weighted by Crippen LogP contribution is 2.45. The lowest BCUT2D eigenvalue weighted by Gasteiger charge is -2.23. The van der Waals surface area contributed by atoms with Crippen molar-refractivity contribution in [3.05, 3.63) is 58.1 Å². The van der Waals surface area contributed by atoms with Gasteiger partial charge < -0.3 is 24.4 Å². The van der Waals surface area contributed by atoms with Crippen molar-refractivity contribution in [3.8, 4) is 23.0 Å². The van der Waals surface area contributed by atoms with E-state index in [0.717, 1.165) is 11.3 Å². The van der Waals surface area contributed by atoms with E-state index in [-0.39, 0.29) is 27.8 Å². The summed E-state index contributed by atoms with van der Waals surface area (Å²) < 4.78 is 15.7. The largest absolute Gasteiger partial charge is 0.507 e. The molecule has 3 aromatic rings. The Bertz CT molecular complexity index is 1320. The number of phenolic OH excluding ortho intramolecular Hbond substituents is 1. The van der Waals surface area contributed by atoms with Crippen LogP contribution in [0.2, 0.25) is 0 Å². The highest BCUT2D eigenvalue weighted by atomic mass is 32.1. The van der Waals surface area contributed by atoms with E-state index in [1.54, 1.807) is 19.1 Å². The van der Waals surface area contributed by atoms with Crippen LogP contribution in [0.15, 0.2) is 42.0 Å². The van der Waals surface area contributed by atoms with E-state index in [0.29, 0.717) is 22.1 Å². The fourth-order valence-corrected chi connectivity index (χ4v) is 4.45. The topological polar surface area (TPSA) is 131 Å². The number of benzene rings is 2. The minimum atomic E-state index is -1.05. The van der Waals surface area contributed by atoms with E-state index >= 15 is 0 Å². The molecule has 1 fully saturated rings. The summed E-state index contributed by atoms with van der Waals surface area (Å²) in [4.78, 5) is 27.5. The van der Waals surface area contributed by atoms with Gasteiger partial charge in [0.25, 0.3) is 5.78 Å². The number of amides is 1. The molecule has 1 aliphatic rings. The Kier molecular flexibility index (Phi) is 6.12. The van der Waals surface area contributed by atoms with Gasteiger partial charge in [-0.15, -0.1) is 10.2 Å². The molecule has 2 heterocycles. The molecule has 1 atom stereocenters. The molecule has 0 spiro atoms. The summed E-state index contributed by atoms with van der Waals surface area (Å²) in [5, 5.41) is 30.1. The van der Waals surface area contributed by atoms with Gasteiger partial charge in [0.05, 0.1) is 32.9 Å². The van der Waals surface area contributed by atoms with Crippen molar-refractivity contribution >= 4 is 33.9 Å². The van der Waals surface area contributed by atoms with Gasteiger partial charge in [-0.3, -0.25) is 14.5 Å². The van der Waals surface area contributed by atoms with Crippen LogP contribution in [-0.2, 0) is 9.59 Å². The van der Waals surface area contributed by atoms with E-state index in [1.165, 1.54) is 50.5 Å². The summed E-state index contributed by atoms with van der Waals surface area (Å²) >= 11 is 1.13. The van der Waals surface area contributed by atoms with Crippen molar-refractivity contribution in [1.29, 1.82) is 0 Å². The average molecular weight is 484 g/mol. The molecule has 0 bridgehead atoms. The Hall–Kier alpha value is -4.12. The summed E-state index contributed by atoms with van der Waals surface area (Å²) in [5.41, 5.74) is 0.515. The maximum Gasteiger partial charge on any atom is 0.301 e. The van der Waals surface area contributed by atoms with Crippen LogP contribution in [-0.4, -0.2) is 53.4 Å². The number of rotatable bonds is 6. The molecule has 1 unspecified atom stereocenters. The van der Waals surface area contributed by atoms with Crippen molar-refractivity contribution < 1.29 is 34.0 Å². The van der Waals surface area contributed by atoms with Gasteiger partial charge in [-0.25, -0.2) is 0 Å². The van der Waals surface area contributed by atoms with E-state index in [1.807, 2.05) is 0 Å². The van der Waals surface area contributed by atoms with Gasteiger partial charge in [0, 0.05) is 5.56 Å². The second-order valence-electron chi connectivity index (χ2n) is 7.27. The highest BCUT2D eigenvalue weighted by Gasteiger charge is 2.48. The first-order valence-corrected chi connectivity index (χ1v) is 10.8. The third-order valence-electron chi connectivity index (χ3n) is 5.34. The first-order chi connectivity index (χ1) is 16.3. The predicted molar refractivity (Wildman–Crippen MR) is 124 cm³/mol. The van der Waals surface area contributed by atoms with Gasteiger partial charge in [-0.05, 0) is 42.8 Å². The quantitative estimate of drug-likeness (QED) is 0.308. The van der Waals surface area contributed by atoms with Crippen LogP contribution in [0.3, 0.4) is 0 Å². The summed E-state index contributed by atoms with van der Waals surface area (Å²) in [6, 6.07) is 8.01. The molecular weight excluding hydrogens is 462 g/mol. The third kappa shape index (κ3) is 3.79. The number of Topliss-reactive ketones (excluding diaryl/α,β-unsaturated/α-hetero) is 1. The molecule has 2 N–H and O–H groups in total. The van der Waals surface area contributed by atoms with Gasteiger partial charge in [0.2, 0.25) is 5.13 Å². The molecule has 34 heavy (non-hydrogen) atoms. The number of hydrogen-bond acceptors (Lipinski definition) is 10. The Balaban J connectivity index is 1.96. The number of carbonyl (C=O) groups is 2. The van der Waals surface area contributed by atoms with Gasteiger partial charge in [0.1, 0.15) is 10.8 Å². The zero-order valence-electron chi connectivity index (χ0n) is 18.7. The smallest absolute Gasteiger partial charge is 0.301 e. The van der Waals surface area contributed by atoms with E-state index in [4.69, 9.17) is 14.2 Å². The normalized spacial score (nSPS) is 17.2. The Morgan fingerprint density at radius 3 is 2.29 bits per heavy atom. The number of aromatic hydroxyl groups is 1. The van der Waals surface area contributed by atoms with Crippen molar-refractivity contribution in [2.45, 2.75) is 13.0 Å². The number of nitrogens with zero attached hydrogens (tertiary/aromatic N) is 3. The number of aliphatic hydroxyl groups is 1. The summed E-state index contributed by atoms with van der Waals surface area (Å²) in [5.74, 6) is -1.36. The van der Waals surface area contributed by atoms with Crippen LogP contribution in [0.5, 0.6) is 23.0 Å². The number of aliphatic hydroxyl groups excluding tert-OH is 1. The van der Waals surface area contributed by atoms with E-state index < -0.39 is 23.5 Å². The van der Waals surface area contributed by atoms with Crippen LogP contribution in [0.25, 0.3) is 5.76 Å². The lowest BCUT2D eigenvalue weighted by Crippen LogP contribution is -2.29. The van der Waals surface area contributed by atoms with Crippen LogP contribution in [0.4, 0.5) is 5.13 Å². The molecule has 10 nitrogen and oxygen atoms in total. The molecule has 1 aliphatic heterocycles. The first-order valence-electron chi connectivity index (χ1n) is 10.0. The Labute approximate surface area is 198 Å². The Morgan fingerprint density at radius 1 is 0.971 bits per heavy atom. The second kappa shape index (κ2) is 9.02. The van der Waals surface area contributed by atoms with E-state index in [2.05, 4.69) is 10.2 Å². The number of phenols is 1. The van der Waals surface area contributed by atoms with Crippen molar-refractivity contribution in [1.82, 2.24) is 10.2 Å². The van der Waals surface area contributed by atoms with Crippen molar-refractivity contribution in [2.24, 2.45) is 0 Å². The molecular formula is C23H21N3O7S. The molecule has 176 valence electrons. The standard InChI is InChI=1S/C23H21N3O7S/c1-11-24-25-23(34-11)26-19(12-5-7-14(27)16(9-12)32-3)18(21(29)22(26)30)20(28)13-6-8-15(31-2)17(10-13)33-4/h5-10,19,27-28H,1-4H3. The number of carbonyl (C=O) groups excluding carboxylic acids is 2. The van der Waals surface area contributed by atoms with Gasteiger partial charge in [-0.1, -0.05) is 17.4 Å². The number of ether oxygens (including phenoxy) is 3. The van der Waals surface area contributed by atoms with Crippen LogP contribution < -0.4 is 19.1 Å². The number of ketones is 1. The summed E-state index contributed by atoms with van der Waals surface area (Å²) in [7, 11) is 4.31. The molecule has 1 amide bonds. The summed E-state index contributed by atoms with van der Waals surface area (Å²) in [6.45, 7) is 1.72. The minimum absolute atomic E-state index is 0.116.